The maximum absolute atomic E-state index is 11.8. The first kappa shape index (κ1) is 13.0. The minimum absolute atomic E-state index is 0.0259. The number of rotatable bonds is 5. The topological polar surface area (TPSA) is 29.1 Å². The fourth-order valence-corrected chi connectivity index (χ4v) is 1.84. The lowest BCUT2D eigenvalue weighted by atomic mass is 10.1. The number of aryl methyl sites for hydroxylation is 1. The van der Waals surface area contributed by atoms with Crippen LogP contribution in [0.4, 0.5) is 0 Å². The van der Waals surface area contributed by atoms with E-state index in [1.165, 1.54) is 0 Å². The van der Waals surface area contributed by atoms with Crippen LogP contribution in [0.1, 0.15) is 35.7 Å². The van der Waals surface area contributed by atoms with Crippen molar-refractivity contribution in [1.82, 2.24) is 5.32 Å². The Kier molecular flexibility index (Phi) is 5.33. The largest absolute Gasteiger partial charge is 0.351 e. The molecule has 88 valence electrons. The van der Waals surface area contributed by atoms with Gasteiger partial charge in [-0.3, -0.25) is 4.79 Å². The summed E-state index contributed by atoms with van der Waals surface area (Å²) in [6, 6.07) is 7.55. The van der Waals surface area contributed by atoms with E-state index in [-0.39, 0.29) is 11.3 Å². The van der Waals surface area contributed by atoms with Crippen LogP contribution in [-0.2, 0) is 0 Å². The molecule has 0 bridgehead atoms. The summed E-state index contributed by atoms with van der Waals surface area (Å²) in [6.45, 7) is 4.54. The number of benzene rings is 1. The molecule has 0 aliphatic carbocycles. The van der Waals surface area contributed by atoms with E-state index in [4.69, 9.17) is 11.6 Å². The van der Waals surface area contributed by atoms with Crippen molar-refractivity contribution in [2.24, 2.45) is 0 Å². The monoisotopic (exact) mass is 239 g/mol. The Morgan fingerprint density at radius 2 is 2.12 bits per heavy atom. The van der Waals surface area contributed by atoms with Crippen LogP contribution in [0.2, 0.25) is 0 Å². The van der Waals surface area contributed by atoms with Gasteiger partial charge in [-0.1, -0.05) is 31.5 Å². The summed E-state index contributed by atoms with van der Waals surface area (Å²) in [7, 11) is 0. The van der Waals surface area contributed by atoms with Crippen LogP contribution in [0.3, 0.4) is 0 Å². The van der Waals surface area contributed by atoms with Gasteiger partial charge in [0.15, 0.2) is 0 Å². The van der Waals surface area contributed by atoms with Gasteiger partial charge in [-0.2, -0.15) is 0 Å². The van der Waals surface area contributed by atoms with Crippen molar-refractivity contribution in [3.63, 3.8) is 0 Å². The van der Waals surface area contributed by atoms with Crippen molar-refractivity contribution in [2.75, 3.05) is 6.54 Å². The quantitative estimate of drug-likeness (QED) is 0.786. The number of carbonyl (C=O) groups is 1. The Hall–Kier alpha value is -1.02. The van der Waals surface area contributed by atoms with Crippen LogP contribution < -0.4 is 5.32 Å². The van der Waals surface area contributed by atoms with Crippen molar-refractivity contribution in [3.8, 4) is 0 Å². The first-order valence-electron chi connectivity index (χ1n) is 5.63. The van der Waals surface area contributed by atoms with Gasteiger partial charge in [0, 0.05) is 12.1 Å². The molecule has 0 saturated carbocycles. The number of alkyl halides is 1. The molecule has 0 aromatic heterocycles. The molecule has 0 fully saturated rings. The van der Waals surface area contributed by atoms with Crippen LogP contribution in [-0.4, -0.2) is 17.8 Å². The summed E-state index contributed by atoms with van der Waals surface area (Å²) < 4.78 is 0. The normalized spacial score (nSPS) is 12.2. The van der Waals surface area contributed by atoms with Crippen LogP contribution in [0.25, 0.3) is 0 Å². The smallest absolute Gasteiger partial charge is 0.251 e. The molecule has 0 radical (unpaired) electrons. The van der Waals surface area contributed by atoms with Crippen molar-refractivity contribution >= 4 is 17.5 Å². The summed E-state index contributed by atoms with van der Waals surface area (Å²) in [4.78, 5) is 11.8. The van der Waals surface area contributed by atoms with E-state index < -0.39 is 0 Å². The van der Waals surface area contributed by atoms with Gasteiger partial charge in [-0.15, -0.1) is 11.6 Å². The Bertz CT molecular complexity index is 352. The van der Waals surface area contributed by atoms with Gasteiger partial charge in [-0.25, -0.2) is 0 Å². The molecule has 3 heteroatoms. The van der Waals surface area contributed by atoms with Gasteiger partial charge in [0.25, 0.3) is 5.91 Å². The Morgan fingerprint density at radius 1 is 1.44 bits per heavy atom. The summed E-state index contributed by atoms with van der Waals surface area (Å²) in [5.41, 5.74) is 1.71. The number of nitrogens with one attached hydrogen (secondary N) is 1. The van der Waals surface area contributed by atoms with Crippen LogP contribution >= 0.6 is 11.6 Å². The van der Waals surface area contributed by atoms with E-state index in [1.54, 1.807) is 0 Å². The Labute approximate surface area is 102 Å². The van der Waals surface area contributed by atoms with Gasteiger partial charge >= 0.3 is 0 Å². The van der Waals surface area contributed by atoms with Crippen molar-refractivity contribution < 1.29 is 4.79 Å². The minimum Gasteiger partial charge on any atom is -0.351 e. The lowest BCUT2D eigenvalue weighted by Gasteiger charge is -2.10. The molecule has 0 spiro atoms. The van der Waals surface area contributed by atoms with Crippen LogP contribution in [0, 0.1) is 6.92 Å². The third-order valence-electron chi connectivity index (χ3n) is 2.48. The first-order valence-corrected chi connectivity index (χ1v) is 6.06. The van der Waals surface area contributed by atoms with E-state index in [1.807, 2.05) is 31.2 Å². The number of hydrogen-bond donors (Lipinski definition) is 1. The van der Waals surface area contributed by atoms with Crippen LogP contribution in [0.5, 0.6) is 0 Å². The Balaban J connectivity index is 2.50. The zero-order valence-corrected chi connectivity index (χ0v) is 10.6. The summed E-state index contributed by atoms with van der Waals surface area (Å²) in [6.07, 6.45) is 1.96. The first-order chi connectivity index (χ1) is 7.65. The second-order valence-electron chi connectivity index (χ2n) is 3.91. The molecule has 1 rings (SSSR count). The van der Waals surface area contributed by atoms with Gasteiger partial charge in [-0.05, 0) is 25.0 Å². The van der Waals surface area contributed by atoms with Gasteiger partial charge in [0.1, 0.15) is 0 Å². The van der Waals surface area contributed by atoms with Gasteiger partial charge in [0.05, 0.1) is 5.38 Å². The van der Waals surface area contributed by atoms with Crippen molar-refractivity contribution in [3.05, 3.63) is 35.4 Å². The maximum Gasteiger partial charge on any atom is 0.251 e. The van der Waals surface area contributed by atoms with Crippen LogP contribution in [0.15, 0.2) is 24.3 Å². The minimum atomic E-state index is -0.0418. The zero-order chi connectivity index (χ0) is 12.0. The number of amides is 1. The van der Waals surface area contributed by atoms with E-state index in [2.05, 4.69) is 12.2 Å². The zero-order valence-electron chi connectivity index (χ0n) is 9.79. The lowest BCUT2D eigenvalue weighted by molar-refractivity contribution is 0.0952. The predicted molar refractivity (Wildman–Crippen MR) is 68.1 cm³/mol. The SMILES string of the molecule is CCCC(Cl)CNC(=O)c1ccccc1C. The molecular formula is C13H18ClNO. The molecule has 1 amide bonds. The molecule has 1 aromatic rings. The standard InChI is InChI=1S/C13H18ClNO/c1-3-6-11(14)9-15-13(16)12-8-5-4-7-10(12)2/h4-5,7-8,11H,3,6,9H2,1-2H3,(H,15,16). The lowest BCUT2D eigenvalue weighted by Crippen LogP contribution is -2.30. The molecule has 0 saturated heterocycles. The highest BCUT2D eigenvalue weighted by Crippen LogP contribution is 2.08. The summed E-state index contributed by atoms with van der Waals surface area (Å²) >= 11 is 6.04. The van der Waals surface area contributed by atoms with Crippen molar-refractivity contribution in [2.45, 2.75) is 32.1 Å². The highest BCUT2D eigenvalue weighted by Gasteiger charge is 2.09. The van der Waals surface area contributed by atoms with E-state index >= 15 is 0 Å². The highest BCUT2D eigenvalue weighted by atomic mass is 35.5. The fourth-order valence-electron chi connectivity index (χ4n) is 1.54. The summed E-state index contributed by atoms with van der Waals surface area (Å²) in [5.74, 6) is -0.0418. The van der Waals surface area contributed by atoms with Gasteiger partial charge in [0.2, 0.25) is 0 Å². The molecule has 16 heavy (non-hydrogen) atoms. The third kappa shape index (κ3) is 3.86. The second-order valence-corrected chi connectivity index (χ2v) is 4.53. The maximum atomic E-state index is 11.8. The molecule has 1 atom stereocenters. The van der Waals surface area contributed by atoms with E-state index in [9.17, 15) is 4.79 Å². The number of hydrogen-bond acceptors (Lipinski definition) is 1. The highest BCUT2D eigenvalue weighted by molar-refractivity contribution is 6.20. The van der Waals surface area contributed by atoms with E-state index in [0.29, 0.717) is 6.54 Å². The third-order valence-corrected chi connectivity index (χ3v) is 2.85. The molecule has 2 nitrogen and oxygen atoms in total. The number of carbonyl (C=O) groups excluding carboxylic acids is 1. The Morgan fingerprint density at radius 3 is 2.75 bits per heavy atom. The van der Waals surface area contributed by atoms with Crippen molar-refractivity contribution in [1.29, 1.82) is 0 Å². The van der Waals surface area contributed by atoms with Gasteiger partial charge < -0.3 is 5.32 Å². The average molecular weight is 240 g/mol. The molecule has 1 N–H and O–H groups in total. The summed E-state index contributed by atoms with van der Waals surface area (Å²) in [5, 5.41) is 2.88. The number of halogens is 1. The molecular weight excluding hydrogens is 222 g/mol. The molecule has 0 heterocycles. The molecule has 0 aliphatic heterocycles. The van der Waals surface area contributed by atoms with E-state index in [0.717, 1.165) is 24.0 Å². The molecule has 1 unspecified atom stereocenters. The average Bonchev–Trinajstić information content (AvgIpc) is 2.27. The second kappa shape index (κ2) is 6.54. The molecule has 1 aromatic carbocycles. The molecule has 0 aliphatic rings. The fraction of sp³-hybridized carbons (Fsp3) is 0.462. The predicted octanol–water partition coefficient (Wildman–Crippen LogP) is 3.13.